The fourth-order valence-electron chi connectivity index (χ4n) is 4.16. The molecule has 0 unspecified atom stereocenters. The Bertz CT molecular complexity index is 1820. The molecule has 2 aromatic heterocycles. The predicted octanol–water partition coefficient (Wildman–Crippen LogP) is 4.57. The van der Waals surface area contributed by atoms with Crippen LogP contribution in [0.4, 0.5) is 4.39 Å². The third-order valence-electron chi connectivity index (χ3n) is 5.98. The highest BCUT2D eigenvalue weighted by atomic mass is 35.5. The van der Waals surface area contributed by atoms with Gasteiger partial charge in [-0.05, 0) is 55.0 Å². The number of furan rings is 1. The number of allylic oxidation sites excluding steroid dienone is 1. The van der Waals surface area contributed by atoms with Crippen LogP contribution in [0.25, 0.3) is 6.08 Å². The van der Waals surface area contributed by atoms with Gasteiger partial charge in [0, 0.05) is 5.56 Å². The van der Waals surface area contributed by atoms with Crippen LogP contribution in [0.2, 0.25) is 5.02 Å². The van der Waals surface area contributed by atoms with Crippen LogP contribution in [0, 0.1) is 5.82 Å². The zero-order valence-electron chi connectivity index (χ0n) is 20.9. The monoisotopic (exact) mass is 578 g/mol. The van der Waals surface area contributed by atoms with Crippen molar-refractivity contribution in [1.82, 2.24) is 4.57 Å². The molecule has 202 valence electrons. The molecule has 0 radical (unpaired) electrons. The van der Waals surface area contributed by atoms with E-state index in [1.807, 2.05) is 0 Å². The van der Waals surface area contributed by atoms with Crippen LogP contribution >= 0.6 is 22.9 Å². The highest BCUT2D eigenvalue weighted by molar-refractivity contribution is 7.07. The van der Waals surface area contributed by atoms with E-state index in [1.54, 1.807) is 25.1 Å². The molecule has 0 saturated carbocycles. The summed E-state index contributed by atoms with van der Waals surface area (Å²) in [5.74, 6) is -1.67. The van der Waals surface area contributed by atoms with E-state index in [2.05, 4.69) is 11.6 Å². The molecule has 1 aliphatic heterocycles. The third kappa shape index (κ3) is 5.18. The van der Waals surface area contributed by atoms with E-state index in [9.17, 15) is 18.8 Å². The first-order chi connectivity index (χ1) is 19.3. The second-order valence-electron chi connectivity index (χ2n) is 8.54. The van der Waals surface area contributed by atoms with Gasteiger partial charge in [-0.15, -0.1) is 0 Å². The van der Waals surface area contributed by atoms with Crippen molar-refractivity contribution in [3.05, 3.63) is 132 Å². The van der Waals surface area contributed by atoms with Gasteiger partial charge in [0.2, 0.25) is 5.76 Å². The molecular weight excluding hydrogens is 559 g/mol. The molecule has 0 aliphatic carbocycles. The molecule has 0 amide bonds. The Balaban J connectivity index is 1.61. The summed E-state index contributed by atoms with van der Waals surface area (Å²) in [6, 6.07) is 12.7. The topological polar surface area (TPSA) is 100 Å². The first-order valence-electron chi connectivity index (χ1n) is 11.9. The minimum absolute atomic E-state index is 0.0389. The lowest BCUT2D eigenvalue weighted by atomic mass is 9.96. The maximum Gasteiger partial charge on any atom is 0.379 e. The summed E-state index contributed by atoms with van der Waals surface area (Å²) in [6.45, 7) is 5.17. The zero-order chi connectivity index (χ0) is 28.4. The Kier molecular flexibility index (Phi) is 7.63. The lowest BCUT2D eigenvalue weighted by Crippen LogP contribution is -2.40. The van der Waals surface area contributed by atoms with Crippen molar-refractivity contribution in [2.24, 2.45) is 4.99 Å². The number of carbonyl (C=O) groups is 2. The molecule has 0 saturated heterocycles. The minimum Gasteiger partial charge on any atom is -0.458 e. The standard InChI is InChI=1S/C29H20ClFN2O6S/c1-3-13-38-28(36)24-16(2)32-29-33(26(34)23(40-29)15-19-20(30)6-4-7-21(19)31)25(24)17-9-11-18(12-10-17)39-27(35)22-8-5-14-37-22/h3-12,14-15,25H,1,13H2,2H3/b23-15+/t25-/m0/s1. The summed E-state index contributed by atoms with van der Waals surface area (Å²) in [5.41, 5.74) is 0.585. The van der Waals surface area contributed by atoms with Gasteiger partial charge < -0.3 is 13.9 Å². The maximum atomic E-state index is 14.5. The smallest absolute Gasteiger partial charge is 0.379 e. The largest absolute Gasteiger partial charge is 0.458 e. The molecule has 0 bridgehead atoms. The van der Waals surface area contributed by atoms with Gasteiger partial charge in [-0.2, -0.15) is 0 Å². The second kappa shape index (κ2) is 11.3. The van der Waals surface area contributed by atoms with E-state index in [0.717, 1.165) is 11.3 Å². The quantitative estimate of drug-likeness (QED) is 0.181. The number of fused-ring (bicyclic) bond motifs is 1. The molecule has 4 aromatic rings. The molecule has 8 nitrogen and oxygen atoms in total. The lowest BCUT2D eigenvalue weighted by Gasteiger charge is -2.24. The van der Waals surface area contributed by atoms with Crippen LogP contribution in [-0.2, 0) is 9.53 Å². The van der Waals surface area contributed by atoms with Gasteiger partial charge in [0.1, 0.15) is 18.2 Å². The number of halogens is 2. The second-order valence-corrected chi connectivity index (χ2v) is 9.96. The van der Waals surface area contributed by atoms with E-state index >= 15 is 0 Å². The van der Waals surface area contributed by atoms with Crippen LogP contribution in [0.1, 0.15) is 34.6 Å². The van der Waals surface area contributed by atoms with E-state index in [0.29, 0.717) is 16.1 Å². The summed E-state index contributed by atoms with van der Waals surface area (Å²) in [5, 5.41) is 0.145. The Morgan fingerprint density at radius 2 is 1.95 bits per heavy atom. The van der Waals surface area contributed by atoms with Crippen LogP contribution in [0.3, 0.4) is 0 Å². The Labute approximate surface area is 235 Å². The number of nitrogens with zero attached hydrogens (tertiary/aromatic N) is 2. The number of esters is 2. The van der Waals surface area contributed by atoms with Gasteiger partial charge in [0.05, 0.1) is 33.1 Å². The van der Waals surface area contributed by atoms with E-state index in [1.165, 1.54) is 59.4 Å². The van der Waals surface area contributed by atoms with E-state index in [4.69, 9.17) is 25.5 Å². The molecule has 0 N–H and O–H groups in total. The average molecular weight is 579 g/mol. The Morgan fingerprint density at radius 3 is 2.62 bits per heavy atom. The zero-order valence-corrected chi connectivity index (χ0v) is 22.5. The average Bonchev–Trinajstić information content (AvgIpc) is 3.58. The first-order valence-corrected chi connectivity index (χ1v) is 13.1. The van der Waals surface area contributed by atoms with Crippen molar-refractivity contribution >= 4 is 41.0 Å². The summed E-state index contributed by atoms with van der Waals surface area (Å²) in [7, 11) is 0. The number of hydrogen-bond acceptors (Lipinski definition) is 8. The molecule has 1 atom stereocenters. The molecule has 3 heterocycles. The summed E-state index contributed by atoms with van der Waals surface area (Å²) in [6.07, 6.45) is 4.15. The summed E-state index contributed by atoms with van der Waals surface area (Å²) in [4.78, 5) is 43.9. The fraction of sp³-hybridized carbons (Fsp3) is 0.103. The Morgan fingerprint density at radius 1 is 1.18 bits per heavy atom. The molecule has 2 aromatic carbocycles. The molecule has 5 rings (SSSR count). The molecule has 0 fully saturated rings. The minimum atomic E-state index is -0.929. The van der Waals surface area contributed by atoms with Crippen molar-refractivity contribution in [3.63, 3.8) is 0 Å². The van der Waals surface area contributed by atoms with E-state index in [-0.39, 0.29) is 38.8 Å². The Hall–Kier alpha value is -4.54. The number of thiazole rings is 1. The lowest BCUT2D eigenvalue weighted by molar-refractivity contribution is -0.138. The summed E-state index contributed by atoms with van der Waals surface area (Å²) < 4.78 is 31.8. The van der Waals surface area contributed by atoms with Gasteiger partial charge in [-0.1, -0.05) is 53.8 Å². The maximum absolute atomic E-state index is 14.5. The number of carbonyl (C=O) groups excluding carboxylic acids is 2. The fourth-order valence-corrected chi connectivity index (χ4v) is 5.41. The van der Waals surface area contributed by atoms with Crippen molar-refractivity contribution in [2.75, 3.05) is 6.61 Å². The number of hydrogen-bond donors (Lipinski definition) is 0. The van der Waals surface area contributed by atoms with Gasteiger partial charge in [0.25, 0.3) is 5.56 Å². The van der Waals surface area contributed by atoms with Crippen molar-refractivity contribution in [2.45, 2.75) is 13.0 Å². The van der Waals surface area contributed by atoms with Crippen molar-refractivity contribution in [3.8, 4) is 5.75 Å². The van der Waals surface area contributed by atoms with Crippen molar-refractivity contribution < 1.29 is 27.9 Å². The van der Waals surface area contributed by atoms with Crippen LogP contribution in [0.5, 0.6) is 5.75 Å². The van der Waals surface area contributed by atoms with E-state index < -0.39 is 29.4 Å². The predicted molar refractivity (Wildman–Crippen MR) is 146 cm³/mol. The number of ether oxygens (including phenoxy) is 2. The molecule has 1 aliphatic rings. The highest BCUT2D eigenvalue weighted by Gasteiger charge is 2.33. The number of aromatic nitrogens is 1. The molecule has 11 heteroatoms. The van der Waals surface area contributed by atoms with Crippen LogP contribution in [0.15, 0.2) is 99.0 Å². The number of rotatable bonds is 7. The molecule has 40 heavy (non-hydrogen) atoms. The highest BCUT2D eigenvalue weighted by Crippen LogP contribution is 2.32. The van der Waals surface area contributed by atoms with Crippen molar-refractivity contribution in [1.29, 1.82) is 0 Å². The first kappa shape index (κ1) is 27.0. The molecule has 0 spiro atoms. The normalized spacial score (nSPS) is 14.9. The SMILES string of the molecule is C=CCOC(=O)C1=C(C)N=c2s/c(=C/c3c(F)cccc3Cl)c(=O)n2[C@H]1c1ccc(OC(=O)c2ccco2)cc1. The number of benzene rings is 2. The van der Waals surface area contributed by atoms with Gasteiger partial charge in [0.15, 0.2) is 4.80 Å². The summed E-state index contributed by atoms with van der Waals surface area (Å²) >= 11 is 7.22. The van der Waals surface area contributed by atoms with Gasteiger partial charge in [-0.3, -0.25) is 9.36 Å². The van der Waals surface area contributed by atoms with Crippen LogP contribution < -0.4 is 19.6 Å². The van der Waals surface area contributed by atoms with Gasteiger partial charge >= 0.3 is 11.9 Å². The van der Waals surface area contributed by atoms with Crippen LogP contribution in [-0.4, -0.2) is 23.1 Å². The molecular formula is C29H20ClFN2O6S. The third-order valence-corrected chi connectivity index (χ3v) is 7.29. The van der Waals surface area contributed by atoms with Gasteiger partial charge in [-0.25, -0.2) is 19.0 Å².